The van der Waals surface area contributed by atoms with Crippen molar-refractivity contribution < 1.29 is 19.1 Å². The van der Waals surface area contributed by atoms with Crippen molar-refractivity contribution in [3.63, 3.8) is 0 Å². The highest BCUT2D eigenvalue weighted by Crippen LogP contribution is 2.31. The molecule has 0 N–H and O–H groups in total. The highest BCUT2D eigenvalue weighted by atomic mass is 79.9. The van der Waals surface area contributed by atoms with Crippen LogP contribution in [0.1, 0.15) is 41.5 Å². The lowest BCUT2D eigenvalue weighted by molar-refractivity contribution is -0.138. The van der Waals surface area contributed by atoms with E-state index in [1.807, 2.05) is 78.7 Å². The highest BCUT2D eigenvalue weighted by molar-refractivity contribution is 9.10. The van der Waals surface area contributed by atoms with Crippen LogP contribution in [0.3, 0.4) is 0 Å². The van der Waals surface area contributed by atoms with Gasteiger partial charge in [-0.05, 0) is 59.7 Å². The molecule has 160 valence electrons. The molecule has 0 aliphatic rings. The van der Waals surface area contributed by atoms with Gasteiger partial charge in [-0.15, -0.1) is 13.2 Å². The molecule has 0 aliphatic heterocycles. The zero-order valence-electron chi connectivity index (χ0n) is 18.6. The first-order valence-corrected chi connectivity index (χ1v) is 9.52. The fourth-order valence-electron chi connectivity index (χ4n) is 1.72. The number of halogens is 1. The molecule has 0 atom stereocenters. The summed E-state index contributed by atoms with van der Waals surface area (Å²) in [5.74, 6) is 0. The van der Waals surface area contributed by atoms with Crippen LogP contribution in [-0.4, -0.2) is 44.9 Å². The van der Waals surface area contributed by atoms with Gasteiger partial charge in [0.25, 0.3) is 6.47 Å². The Kier molecular flexibility index (Phi) is 12.5. The van der Waals surface area contributed by atoms with E-state index >= 15 is 0 Å². The Morgan fingerprint density at radius 3 is 1.82 bits per heavy atom. The summed E-state index contributed by atoms with van der Waals surface area (Å²) in [5, 5.41) is 0. The van der Waals surface area contributed by atoms with Gasteiger partial charge in [-0.2, -0.15) is 0 Å². The maximum atomic E-state index is 12.1. The Morgan fingerprint density at radius 1 is 1.00 bits per heavy atom. The number of nitrogens with zero attached hydrogens (tertiary/aromatic N) is 2. The predicted octanol–water partition coefficient (Wildman–Crippen LogP) is 5.65. The van der Waals surface area contributed by atoms with Gasteiger partial charge >= 0.3 is 6.09 Å². The number of hydrogen-bond acceptors (Lipinski definition) is 5. The minimum atomic E-state index is -0.504. The van der Waals surface area contributed by atoms with Crippen LogP contribution in [0.2, 0.25) is 0 Å². The predicted molar refractivity (Wildman–Crippen MR) is 121 cm³/mol. The first-order valence-electron chi connectivity index (χ1n) is 8.73. The number of anilines is 2. The van der Waals surface area contributed by atoms with E-state index < -0.39 is 5.60 Å². The van der Waals surface area contributed by atoms with Crippen molar-refractivity contribution in [2.24, 2.45) is 0 Å². The molecule has 0 unspecified atom stereocenters. The summed E-state index contributed by atoms with van der Waals surface area (Å²) in [6.07, 6.45) is -0.367. The molecule has 1 rings (SSSR count). The van der Waals surface area contributed by atoms with E-state index in [9.17, 15) is 9.59 Å². The maximum Gasteiger partial charge on any atom is 0.414 e. The molecule has 0 bridgehead atoms. The molecule has 0 aromatic heterocycles. The van der Waals surface area contributed by atoms with Crippen molar-refractivity contribution in [1.82, 2.24) is 0 Å². The smallest absolute Gasteiger partial charge is 0.414 e. The number of amides is 1. The molecule has 0 saturated heterocycles. The summed E-state index contributed by atoms with van der Waals surface area (Å²) in [4.78, 5) is 25.2. The third-order valence-corrected chi connectivity index (χ3v) is 3.34. The minimum absolute atomic E-state index is 0.318. The van der Waals surface area contributed by atoms with Gasteiger partial charge in [0.1, 0.15) is 11.2 Å². The number of carbonyl (C=O) groups excluding carboxylic acids is 2. The van der Waals surface area contributed by atoms with Gasteiger partial charge in [0.2, 0.25) is 0 Å². The third kappa shape index (κ3) is 12.4. The molecule has 0 heterocycles. The lowest BCUT2D eigenvalue weighted by Gasteiger charge is -2.27. The van der Waals surface area contributed by atoms with Gasteiger partial charge < -0.3 is 14.4 Å². The van der Waals surface area contributed by atoms with E-state index in [2.05, 4.69) is 33.8 Å². The molecule has 7 heteroatoms. The third-order valence-electron chi connectivity index (χ3n) is 2.85. The summed E-state index contributed by atoms with van der Waals surface area (Å²) in [7, 11) is 5.59. The van der Waals surface area contributed by atoms with Gasteiger partial charge in [0.05, 0.1) is 11.4 Å². The summed E-state index contributed by atoms with van der Waals surface area (Å²) in [6, 6.07) is 5.81. The number of carbonyl (C=O) groups is 2. The number of benzene rings is 1. The lowest BCUT2D eigenvalue weighted by Crippen LogP contribution is -2.34. The second-order valence-corrected chi connectivity index (χ2v) is 8.81. The number of rotatable bonds is 3. The fourth-order valence-corrected chi connectivity index (χ4v) is 2.07. The Hall–Kier alpha value is -2.02. The first-order chi connectivity index (χ1) is 12.7. The molecule has 1 aromatic carbocycles. The molecule has 0 aliphatic carbocycles. The van der Waals surface area contributed by atoms with Crippen LogP contribution in [-0.2, 0) is 14.3 Å². The average molecular weight is 459 g/mol. The zero-order chi connectivity index (χ0) is 22.7. The van der Waals surface area contributed by atoms with Crippen LogP contribution >= 0.6 is 15.9 Å². The van der Waals surface area contributed by atoms with E-state index in [1.54, 1.807) is 7.05 Å². The average Bonchev–Trinajstić information content (AvgIpc) is 2.53. The zero-order valence-corrected chi connectivity index (χ0v) is 20.2. The lowest BCUT2D eigenvalue weighted by atomic mass is 10.2. The Labute approximate surface area is 178 Å². The Morgan fingerprint density at radius 2 is 1.50 bits per heavy atom. The highest BCUT2D eigenvalue weighted by Gasteiger charge is 2.22. The van der Waals surface area contributed by atoms with Crippen LogP contribution in [0.15, 0.2) is 35.8 Å². The summed E-state index contributed by atoms with van der Waals surface area (Å²) < 4.78 is 10.9. The van der Waals surface area contributed by atoms with Crippen LogP contribution < -0.4 is 9.80 Å². The first kappa shape index (κ1) is 28.2. The minimum Gasteiger partial charge on any atom is -0.462 e. The standard InChI is InChI=1S/C14H21BrN2O2.C5H10O2.C2H4/c1-14(2,3)19-13(18)17(6)12-9-10(15)7-8-11(12)16(4)5;1-5(2,3)7-4-6;1-2/h7-9H,1-6H3;4H,1-3H3;1-2H2. The molecule has 28 heavy (non-hydrogen) atoms. The van der Waals surface area contributed by atoms with Gasteiger partial charge in [0.15, 0.2) is 0 Å². The van der Waals surface area contributed by atoms with E-state index in [1.165, 1.54) is 4.90 Å². The van der Waals surface area contributed by atoms with Crippen LogP contribution in [0.4, 0.5) is 16.2 Å². The summed E-state index contributed by atoms with van der Waals surface area (Å²) in [5.41, 5.74) is 0.933. The molecule has 0 spiro atoms. The second kappa shape index (κ2) is 12.4. The maximum absolute atomic E-state index is 12.1. The summed E-state index contributed by atoms with van der Waals surface area (Å²) >= 11 is 3.43. The van der Waals surface area contributed by atoms with Crippen molar-refractivity contribution in [2.75, 3.05) is 30.9 Å². The van der Waals surface area contributed by atoms with Gasteiger partial charge in [-0.1, -0.05) is 15.9 Å². The van der Waals surface area contributed by atoms with E-state index in [0.29, 0.717) is 6.47 Å². The summed E-state index contributed by atoms with van der Waals surface area (Å²) in [6.45, 7) is 17.5. The normalized spacial score (nSPS) is 10.4. The van der Waals surface area contributed by atoms with Crippen molar-refractivity contribution in [2.45, 2.75) is 52.7 Å². The van der Waals surface area contributed by atoms with E-state index in [0.717, 1.165) is 15.8 Å². The van der Waals surface area contributed by atoms with E-state index in [-0.39, 0.29) is 11.7 Å². The van der Waals surface area contributed by atoms with Crippen molar-refractivity contribution in [1.29, 1.82) is 0 Å². The molecule has 1 aromatic rings. The van der Waals surface area contributed by atoms with Gasteiger partial charge in [-0.3, -0.25) is 9.69 Å². The van der Waals surface area contributed by atoms with Crippen molar-refractivity contribution in [3.05, 3.63) is 35.8 Å². The molecule has 0 radical (unpaired) electrons. The van der Waals surface area contributed by atoms with Crippen molar-refractivity contribution in [3.8, 4) is 0 Å². The molecular formula is C21H35BrN2O4. The number of hydrogen-bond donors (Lipinski definition) is 0. The quantitative estimate of drug-likeness (QED) is 0.432. The van der Waals surface area contributed by atoms with Crippen LogP contribution in [0.5, 0.6) is 0 Å². The molecule has 1 amide bonds. The van der Waals surface area contributed by atoms with E-state index in [4.69, 9.17) is 4.74 Å². The topological polar surface area (TPSA) is 59.1 Å². The van der Waals surface area contributed by atoms with Crippen LogP contribution in [0, 0.1) is 0 Å². The van der Waals surface area contributed by atoms with Crippen molar-refractivity contribution >= 4 is 39.9 Å². The monoisotopic (exact) mass is 458 g/mol. The van der Waals surface area contributed by atoms with Crippen LogP contribution in [0.25, 0.3) is 0 Å². The largest absolute Gasteiger partial charge is 0.462 e. The van der Waals surface area contributed by atoms with Gasteiger partial charge in [-0.25, -0.2) is 4.79 Å². The second-order valence-electron chi connectivity index (χ2n) is 7.89. The SMILES string of the molecule is C=C.CC(C)(C)OC=O.CN(C)c1ccc(Br)cc1N(C)C(=O)OC(C)(C)C. The molecule has 6 nitrogen and oxygen atoms in total. The molecule has 0 saturated carbocycles. The molecule has 0 fully saturated rings. The van der Waals surface area contributed by atoms with Gasteiger partial charge in [0, 0.05) is 25.6 Å². The number of ether oxygens (including phenoxy) is 2. The molecular weight excluding hydrogens is 424 g/mol. The Bertz CT molecular complexity index is 620. The fraction of sp³-hybridized carbons (Fsp3) is 0.524. The Balaban J connectivity index is 0.